The molecule has 1 aromatic heterocycles. The van der Waals surface area contributed by atoms with Gasteiger partial charge in [-0.1, -0.05) is 11.6 Å². The summed E-state index contributed by atoms with van der Waals surface area (Å²) in [5.74, 6) is 0. The fraction of sp³-hybridized carbons (Fsp3) is 0.429. The van der Waals surface area contributed by atoms with Gasteiger partial charge in [-0.25, -0.2) is 4.79 Å². The summed E-state index contributed by atoms with van der Waals surface area (Å²) in [4.78, 5) is 26.4. The SMILES string of the molecule is Cc1ccc2c(c1)c(=O)[nH]c(=O)n2[C@H]1C[C@H](O)[C@@H](CN)O1. The fourth-order valence-electron chi connectivity index (χ4n) is 2.75. The maximum absolute atomic E-state index is 12.1. The number of aliphatic hydroxyl groups is 1. The molecule has 1 saturated heterocycles. The molecule has 0 spiro atoms. The largest absolute Gasteiger partial charge is 0.390 e. The van der Waals surface area contributed by atoms with E-state index in [1.54, 1.807) is 12.1 Å². The van der Waals surface area contributed by atoms with E-state index < -0.39 is 29.7 Å². The molecule has 112 valence electrons. The van der Waals surface area contributed by atoms with Crippen molar-refractivity contribution in [3.8, 4) is 0 Å². The number of hydrogen-bond donors (Lipinski definition) is 3. The molecule has 2 aromatic rings. The topological polar surface area (TPSA) is 110 Å². The van der Waals surface area contributed by atoms with Gasteiger partial charge in [0.05, 0.1) is 23.1 Å². The van der Waals surface area contributed by atoms with Crippen LogP contribution >= 0.6 is 0 Å². The summed E-state index contributed by atoms with van der Waals surface area (Å²) >= 11 is 0. The van der Waals surface area contributed by atoms with Crippen LogP contribution in [-0.4, -0.2) is 33.4 Å². The molecule has 0 unspecified atom stereocenters. The molecule has 0 radical (unpaired) electrons. The predicted octanol–water partition coefficient (Wildman–Crippen LogP) is -0.395. The van der Waals surface area contributed by atoms with Gasteiger partial charge >= 0.3 is 5.69 Å². The van der Waals surface area contributed by atoms with Crippen molar-refractivity contribution >= 4 is 10.9 Å². The van der Waals surface area contributed by atoms with Gasteiger partial charge in [0.15, 0.2) is 0 Å². The second-order valence-corrected chi connectivity index (χ2v) is 5.32. The average Bonchev–Trinajstić information content (AvgIpc) is 2.80. The first-order valence-corrected chi connectivity index (χ1v) is 6.80. The highest BCUT2D eigenvalue weighted by Crippen LogP contribution is 2.29. The minimum Gasteiger partial charge on any atom is -0.390 e. The quantitative estimate of drug-likeness (QED) is 0.697. The first-order chi connectivity index (χ1) is 10.0. The number of fused-ring (bicyclic) bond motifs is 1. The smallest absolute Gasteiger partial charge is 0.330 e. The van der Waals surface area contributed by atoms with Crippen LogP contribution in [0.3, 0.4) is 0 Å². The van der Waals surface area contributed by atoms with Crippen LogP contribution in [0, 0.1) is 6.92 Å². The number of aromatic nitrogens is 2. The molecule has 1 aliphatic heterocycles. The first-order valence-electron chi connectivity index (χ1n) is 6.80. The monoisotopic (exact) mass is 291 g/mol. The Hall–Kier alpha value is -1.96. The first kappa shape index (κ1) is 14.0. The molecule has 2 heterocycles. The molecular formula is C14H17N3O4. The standard InChI is InChI=1S/C14H17N3O4/c1-7-2-3-9-8(4-7)13(19)16-14(20)17(9)12-5-10(18)11(6-15)21-12/h2-4,10-12,18H,5-6,15H2,1H3,(H,16,19,20)/t10-,11+,12+/m0/s1. The molecule has 3 rings (SSSR count). The normalized spacial score (nSPS) is 25.6. The minimum absolute atomic E-state index is 0.173. The van der Waals surface area contributed by atoms with Crippen molar-refractivity contribution in [2.75, 3.05) is 6.54 Å². The number of aliphatic hydroxyl groups excluding tert-OH is 1. The number of nitrogens with zero attached hydrogens (tertiary/aromatic N) is 1. The molecule has 0 saturated carbocycles. The third kappa shape index (κ3) is 2.29. The number of H-pyrrole nitrogens is 1. The Bertz CT molecular complexity index is 795. The van der Waals surface area contributed by atoms with Gasteiger partial charge in [0.2, 0.25) is 0 Å². The summed E-state index contributed by atoms with van der Waals surface area (Å²) in [6, 6.07) is 5.26. The van der Waals surface area contributed by atoms with Gasteiger partial charge < -0.3 is 15.6 Å². The molecule has 3 atom stereocenters. The van der Waals surface area contributed by atoms with Crippen molar-refractivity contribution < 1.29 is 9.84 Å². The van der Waals surface area contributed by atoms with Gasteiger partial charge in [0, 0.05) is 13.0 Å². The van der Waals surface area contributed by atoms with Crippen LogP contribution in [0.2, 0.25) is 0 Å². The molecule has 0 aliphatic carbocycles. The van der Waals surface area contributed by atoms with Crippen LogP contribution in [0.15, 0.2) is 27.8 Å². The van der Waals surface area contributed by atoms with Crippen LogP contribution < -0.4 is 17.0 Å². The van der Waals surface area contributed by atoms with Gasteiger partial charge in [-0.15, -0.1) is 0 Å². The Balaban J connectivity index is 2.19. The summed E-state index contributed by atoms with van der Waals surface area (Å²) in [6.07, 6.45) is -1.60. The van der Waals surface area contributed by atoms with Gasteiger partial charge in [-0.05, 0) is 19.1 Å². The number of nitrogens with one attached hydrogen (secondary N) is 1. The summed E-state index contributed by atoms with van der Waals surface area (Å²) in [5, 5.41) is 10.3. The average molecular weight is 291 g/mol. The minimum atomic E-state index is -0.723. The van der Waals surface area contributed by atoms with Crippen molar-refractivity contribution in [1.29, 1.82) is 0 Å². The number of nitrogens with two attached hydrogens (primary N) is 1. The summed E-state index contributed by atoms with van der Waals surface area (Å²) in [7, 11) is 0. The molecule has 0 bridgehead atoms. The third-order valence-corrected chi connectivity index (χ3v) is 3.82. The van der Waals surface area contributed by atoms with E-state index in [4.69, 9.17) is 10.5 Å². The molecule has 1 fully saturated rings. The number of aryl methyl sites for hydroxylation is 1. The van der Waals surface area contributed by atoms with E-state index in [2.05, 4.69) is 4.98 Å². The summed E-state index contributed by atoms with van der Waals surface area (Å²) in [6.45, 7) is 2.04. The highest BCUT2D eigenvalue weighted by Gasteiger charge is 2.35. The van der Waals surface area contributed by atoms with Crippen molar-refractivity contribution in [3.05, 3.63) is 44.6 Å². The molecule has 1 aliphatic rings. The number of rotatable bonds is 2. The lowest BCUT2D eigenvalue weighted by molar-refractivity contribution is -0.0130. The zero-order chi connectivity index (χ0) is 15.1. The predicted molar refractivity (Wildman–Crippen MR) is 77.2 cm³/mol. The maximum atomic E-state index is 12.1. The maximum Gasteiger partial charge on any atom is 0.330 e. The van der Waals surface area contributed by atoms with Crippen molar-refractivity contribution in [2.24, 2.45) is 5.73 Å². The number of aromatic amines is 1. The van der Waals surface area contributed by atoms with Gasteiger partial charge in [-0.2, -0.15) is 0 Å². The highest BCUT2D eigenvalue weighted by molar-refractivity contribution is 5.78. The number of ether oxygens (including phenoxy) is 1. The molecule has 0 amide bonds. The van der Waals surface area contributed by atoms with Crippen LogP contribution in [-0.2, 0) is 4.74 Å². The van der Waals surface area contributed by atoms with Crippen molar-refractivity contribution in [2.45, 2.75) is 31.8 Å². The van der Waals surface area contributed by atoms with E-state index in [1.807, 2.05) is 13.0 Å². The Morgan fingerprint density at radius 1 is 1.48 bits per heavy atom. The second kappa shape index (κ2) is 5.10. The molecule has 1 aromatic carbocycles. The molecular weight excluding hydrogens is 274 g/mol. The van der Waals surface area contributed by atoms with Crippen LogP contribution in [0.1, 0.15) is 18.2 Å². The Labute approximate surface area is 120 Å². The summed E-state index contributed by atoms with van der Waals surface area (Å²) in [5.41, 5.74) is 5.96. The van der Waals surface area contributed by atoms with Crippen LogP contribution in [0.4, 0.5) is 0 Å². The highest BCUT2D eigenvalue weighted by atomic mass is 16.5. The molecule has 7 heteroatoms. The Kier molecular flexibility index (Phi) is 3.40. The van der Waals surface area contributed by atoms with Crippen LogP contribution in [0.25, 0.3) is 10.9 Å². The van der Waals surface area contributed by atoms with Crippen LogP contribution in [0.5, 0.6) is 0 Å². The Morgan fingerprint density at radius 2 is 2.24 bits per heavy atom. The molecule has 4 N–H and O–H groups in total. The zero-order valence-electron chi connectivity index (χ0n) is 11.6. The van der Waals surface area contributed by atoms with E-state index in [-0.39, 0.29) is 13.0 Å². The van der Waals surface area contributed by atoms with E-state index >= 15 is 0 Å². The number of benzene rings is 1. The second-order valence-electron chi connectivity index (χ2n) is 5.32. The molecule has 21 heavy (non-hydrogen) atoms. The lowest BCUT2D eigenvalue weighted by Crippen LogP contribution is -2.33. The van der Waals surface area contributed by atoms with E-state index in [9.17, 15) is 14.7 Å². The zero-order valence-corrected chi connectivity index (χ0v) is 11.6. The van der Waals surface area contributed by atoms with E-state index in [0.717, 1.165) is 5.56 Å². The van der Waals surface area contributed by atoms with Gasteiger partial charge in [-0.3, -0.25) is 14.3 Å². The number of hydrogen-bond acceptors (Lipinski definition) is 5. The Morgan fingerprint density at radius 3 is 2.90 bits per heavy atom. The lowest BCUT2D eigenvalue weighted by atomic mass is 10.1. The van der Waals surface area contributed by atoms with E-state index in [0.29, 0.717) is 10.9 Å². The van der Waals surface area contributed by atoms with Gasteiger partial charge in [0.25, 0.3) is 5.56 Å². The van der Waals surface area contributed by atoms with Crippen molar-refractivity contribution in [3.63, 3.8) is 0 Å². The lowest BCUT2D eigenvalue weighted by Gasteiger charge is -2.17. The summed E-state index contributed by atoms with van der Waals surface area (Å²) < 4.78 is 7.00. The fourth-order valence-corrected chi connectivity index (χ4v) is 2.75. The van der Waals surface area contributed by atoms with Crippen molar-refractivity contribution in [1.82, 2.24) is 9.55 Å². The van der Waals surface area contributed by atoms with E-state index in [1.165, 1.54) is 4.57 Å². The third-order valence-electron chi connectivity index (χ3n) is 3.82. The van der Waals surface area contributed by atoms with Gasteiger partial charge in [0.1, 0.15) is 6.23 Å². The molecule has 7 nitrogen and oxygen atoms in total.